The van der Waals surface area contributed by atoms with Gasteiger partial charge < -0.3 is 10.6 Å². The van der Waals surface area contributed by atoms with E-state index in [2.05, 4.69) is 18.9 Å². The molecule has 0 bridgehead atoms. The number of aromatic nitrogens is 2. The minimum absolute atomic E-state index is 0.00102. The standard InChI is InChI=1S/C13H22N4OS/c1-9-10(14)11(16(4)15-9)12(18)17-6-5-13(2,3)19-8-7-17/h5-8,14H2,1-4H3. The Balaban J connectivity index is 2.20. The number of carbonyl (C=O) groups excluding carboxylic acids is 1. The smallest absolute Gasteiger partial charge is 0.274 e. The number of rotatable bonds is 1. The lowest BCUT2D eigenvalue weighted by Crippen LogP contribution is -2.35. The van der Waals surface area contributed by atoms with E-state index in [4.69, 9.17) is 5.73 Å². The third kappa shape index (κ3) is 2.88. The second-order valence-electron chi connectivity index (χ2n) is 5.62. The van der Waals surface area contributed by atoms with Crippen molar-refractivity contribution >= 4 is 23.4 Å². The predicted molar refractivity (Wildman–Crippen MR) is 79.4 cm³/mol. The van der Waals surface area contributed by atoms with E-state index in [9.17, 15) is 4.79 Å². The minimum Gasteiger partial charge on any atom is -0.395 e. The average molecular weight is 282 g/mol. The zero-order valence-electron chi connectivity index (χ0n) is 12.1. The number of carbonyl (C=O) groups is 1. The molecule has 2 N–H and O–H groups in total. The Hall–Kier alpha value is -1.17. The van der Waals surface area contributed by atoms with Crippen LogP contribution in [0.1, 0.15) is 36.5 Å². The van der Waals surface area contributed by atoms with Crippen molar-refractivity contribution in [3.63, 3.8) is 0 Å². The average Bonchev–Trinajstić information content (AvgIpc) is 2.49. The van der Waals surface area contributed by atoms with Crippen molar-refractivity contribution < 1.29 is 4.79 Å². The quantitative estimate of drug-likeness (QED) is 0.851. The number of aryl methyl sites for hydroxylation is 2. The van der Waals surface area contributed by atoms with Gasteiger partial charge in [0.1, 0.15) is 5.69 Å². The van der Waals surface area contributed by atoms with E-state index < -0.39 is 0 Å². The molecule has 1 aromatic rings. The maximum atomic E-state index is 12.6. The molecule has 106 valence electrons. The second-order valence-corrected chi connectivity index (χ2v) is 7.42. The fraction of sp³-hybridized carbons (Fsp3) is 0.692. The van der Waals surface area contributed by atoms with Crippen LogP contribution in [0.4, 0.5) is 5.69 Å². The van der Waals surface area contributed by atoms with Crippen LogP contribution >= 0.6 is 11.8 Å². The minimum atomic E-state index is -0.00102. The molecule has 0 unspecified atom stereocenters. The van der Waals surface area contributed by atoms with E-state index in [1.807, 2.05) is 23.6 Å². The Bertz CT molecular complexity index is 495. The molecule has 0 radical (unpaired) electrons. The number of anilines is 1. The summed E-state index contributed by atoms with van der Waals surface area (Å²) in [7, 11) is 1.77. The monoisotopic (exact) mass is 282 g/mol. The first-order valence-electron chi connectivity index (χ1n) is 6.54. The van der Waals surface area contributed by atoms with Gasteiger partial charge in [0, 0.05) is 30.6 Å². The number of thioether (sulfide) groups is 1. The molecule has 0 aliphatic carbocycles. The highest BCUT2D eigenvalue weighted by atomic mass is 32.2. The number of hydrogen-bond donors (Lipinski definition) is 1. The molecule has 1 aromatic heterocycles. The van der Waals surface area contributed by atoms with Gasteiger partial charge in [0.05, 0.1) is 11.4 Å². The van der Waals surface area contributed by atoms with Gasteiger partial charge in [-0.25, -0.2) is 0 Å². The van der Waals surface area contributed by atoms with Crippen molar-refractivity contribution in [1.29, 1.82) is 0 Å². The Morgan fingerprint density at radius 3 is 2.68 bits per heavy atom. The molecular weight excluding hydrogens is 260 g/mol. The number of nitrogens with two attached hydrogens (primary N) is 1. The summed E-state index contributed by atoms with van der Waals surface area (Å²) in [6.07, 6.45) is 1.00. The summed E-state index contributed by atoms with van der Waals surface area (Å²) in [6.45, 7) is 7.84. The van der Waals surface area contributed by atoms with Crippen LogP contribution in [0.2, 0.25) is 0 Å². The Morgan fingerprint density at radius 1 is 1.42 bits per heavy atom. The van der Waals surface area contributed by atoms with Gasteiger partial charge in [-0.2, -0.15) is 16.9 Å². The SMILES string of the molecule is Cc1nn(C)c(C(=O)N2CCSC(C)(C)CC2)c1N. The highest BCUT2D eigenvalue weighted by Crippen LogP contribution is 2.31. The molecule has 0 atom stereocenters. The molecule has 5 nitrogen and oxygen atoms in total. The lowest BCUT2D eigenvalue weighted by molar-refractivity contribution is 0.0754. The van der Waals surface area contributed by atoms with Gasteiger partial charge in [0.2, 0.25) is 0 Å². The summed E-state index contributed by atoms with van der Waals surface area (Å²) in [6, 6.07) is 0. The fourth-order valence-corrected chi connectivity index (χ4v) is 3.40. The van der Waals surface area contributed by atoms with Gasteiger partial charge in [-0.1, -0.05) is 13.8 Å². The molecule has 0 aromatic carbocycles. The Morgan fingerprint density at radius 2 is 2.11 bits per heavy atom. The fourth-order valence-electron chi connectivity index (χ4n) is 2.30. The summed E-state index contributed by atoms with van der Waals surface area (Å²) in [5.74, 6) is 0.967. The molecule has 0 spiro atoms. The topological polar surface area (TPSA) is 64.2 Å². The van der Waals surface area contributed by atoms with Crippen molar-refractivity contribution in [3.05, 3.63) is 11.4 Å². The highest BCUT2D eigenvalue weighted by Gasteiger charge is 2.29. The first-order valence-corrected chi connectivity index (χ1v) is 7.53. The molecular formula is C13H22N4OS. The molecule has 19 heavy (non-hydrogen) atoms. The molecule has 2 rings (SSSR count). The van der Waals surface area contributed by atoms with E-state index in [1.165, 1.54) is 0 Å². The first kappa shape index (κ1) is 14.2. The molecule has 6 heteroatoms. The van der Waals surface area contributed by atoms with Gasteiger partial charge in [-0.3, -0.25) is 9.48 Å². The summed E-state index contributed by atoms with van der Waals surface area (Å²) >= 11 is 1.92. The van der Waals surface area contributed by atoms with Crippen molar-refractivity contribution in [2.45, 2.75) is 31.9 Å². The van der Waals surface area contributed by atoms with Crippen LogP contribution in [0.15, 0.2) is 0 Å². The van der Waals surface area contributed by atoms with Crippen LogP contribution in [-0.4, -0.2) is 44.2 Å². The normalized spacial score (nSPS) is 19.3. The lowest BCUT2D eigenvalue weighted by atomic mass is 10.1. The third-order valence-corrected chi connectivity index (χ3v) is 4.97. The van der Waals surface area contributed by atoms with E-state index >= 15 is 0 Å². The van der Waals surface area contributed by atoms with E-state index in [0.717, 1.165) is 31.0 Å². The third-order valence-electron chi connectivity index (χ3n) is 3.60. The largest absolute Gasteiger partial charge is 0.395 e. The molecule has 1 aliphatic rings. The molecule has 1 amide bonds. The summed E-state index contributed by atoms with van der Waals surface area (Å²) in [4.78, 5) is 14.5. The van der Waals surface area contributed by atoms with Crippen LogP contribution in [0.5, 0.6) is 0 Å². The van der Waals surface area contributed by atoms with Crippen LogP contribution in [0.3, 0.4) is 0 Å². The molecule has 1 aliphatic heterocycles. The van der Waals surface area contributed by atoms with Crippen molar-refractivity contribution in [3.8, 4) is 0 Å². The van der Waals surface area contributed by atoms with E-state index in [1.54, 1.807) is 11.7 Å². The van der Waals surface area contributed by atoms with Gasteiger partial charge in [-0.15, -0.1) is 0 Å². The predicted octanol–water partition coefficient (Wildman–Crippen LogP) is 1.67. The molecule has 1 saturated heterocycles. The second kappa shape index (κ2) is 5.07. The first-order chi connectivity index (χ1) is 8.82. The maximum Gasteiger partial charge on any atom is 0.274 e. The van der Waals surface area contributed by atoms with Gasteiger partial charge in [0.15, 0.2) is 0 Å². The molecule has 2 heterocycles. The summed E-state index contributed by atoms with van der Waals surface area (Å²) in [5.41, 5.74) is 7.70. The number of amides is 1. The Labute approximate surface area is 118 Å². The summed E-state index contributed by atoms with van der Waals surface area (Å²) in [5, 5.41) is 4.22. The van der Waals surface area contributed by atoms with Crippen molar-refractivity contribution in [1.82, 2.24) is 14.7 Å². The van der Waals surface area contributed by atoms with Crippen LogP contribution < -0.4 is 5.73 Å². The van der Waals surface area contributed by atoms with Crippen molar-refractivity contribution in [2.75, 3.05) is 24.6 Å². The summed E-state index contributed by atoms with van der Waals surface area (Å²) < 4.78 is 1.83. The zero-order chi connectivity index (χ0) is 14.2. The number of nitrogen functional groups attached to an aromatic ring is 1. The van der Waals surface area contributed by atoms with E-state index in [-0.39, 0.29) is 10.7 Å². The van der Waals surface area contributed by atoms with Gasteiger partial charge in [0.25, 0.3) is 5.91 Å². The number of nitrogens with zero attached hydrogens (tertiary/aromatic N) is 3. The maximum absolute atomic E-state index is 12.6. The van der Waals surface area contributed by atoms with Gasteiger partial charge >= 0.3 is 0 Å². The number of hydrogen-bond acceptors (Lipinski definition) is 4. The van der Waals surface area contributed by atoms with Crippen LogP contribution in [-0.2, 0) is 7.05 Å². The zero-order valence-corrected chi connectivity index (χ0v) is 12.9. The molecule has 0 saturated carbocycles. The van der Waals surface area contributed by atoms with Crippen LogP contribution in [0.25, 0.3) is 0 Å². The molecule has 1 fully saturated rings. The Kier molecular flexibility index (Phi) is 3.80. The van der Waals surface area contributed by atoms with E-state index in [0.29, 0.717) is 11.4 Å². The van der Waals surface area contributed by atoms with Crippen molar-refractivity contribution in [2.24, 2.45) is 7.05 Å². The lowest BCUT2D eigenvalue weighted by Gasteiger charge is -2.22. The van der Waals surface area contributed by atoms with Crippen LogP contribution in [0, 0.1) is 6.92 Å². The van der Waals surface area contributed by atoms with Gasteiger partial charge in [-0.05, 0) is 13.3 Å². The highest BCUT2D eigenvalue weighted by molar-refractivity contribution is 8.00.